The van der Waals surface area contributed by atoms with E-state index in [2.05, 4.69) is 15.0 Å². The summed E-state index contributed by atoms with van der Waals surface area (Å²) in [5.74, 6) is 0. The van der Waals surface area contributed by atoms with Gasteiger partial charge in [0.25, 0.3) is 0 Å². The Labute approximate surface area is 78.4 Å². The Morgan fingerprint density at radius 2 is 2.31 bits per heavy atom. The summed E-state index contributed by atoms with van der Waals surface area (Å²) in [5, 5.41) is 0.0506. The minimum atomic E-state index is -0.826. The smallest absolute Gasteiger partial charge is 0.312 e. The maximum absolute atomic E-state index is 12.7. The van der Waals surface area contributed by atoms with Crippen molar-refractivity contribution in [2.45, 2.75) is 13.5 Å². The molecule has 6 heteroatoms. The van der Waals surface area contributed by atoms with Crippen LogP contribution in [-0.4, -0.2) is 19.5 Å². The third-order valence-corrected chi connectivity index (χ3v) is 2.00. The first-order valence-corrected chi connectivity index (χ1v) is 4.14. The van der Waals surface area contributed by atoms with Gasteiger partial charge in [0.15, 0.2) is 10.8 Å². The number of nitrogens with zero attached hydrogens (tertiary/aromatic N) is 4. The molecule has 0 spiro atoms. The molecule has 0 radical (unpaired) electrons. The third kappa shape index (κ3) is 1.25. The highest BCUT2D eigenvalue weighted by molar-refractivity contribution is 6.33. The van der Waals surface area contributed by atoms with E-state index in [9.17, 15) is 4.39 Å². The van der Waals surface area contributed by atoms with Crippen LogP contribution >= 0.6 is 11.6 Å². The molecule has 2 rings (SSSR count). The first-order valence-electron chi connectivity index (χ1n) is 3.76. The fourth-order valence-corrected chi connectivity index (χ4v) is 1.32. The molecule has 0 saturated carbocycles. The van der Waals surface area contributed by atoms with Gasteiger partial charge < -0.3 is 4.57 Å². The van der Waals surface area contributed by atoms with Gasteiger partial charge in [-0.05, 0) is 6.92 Å². The monoisotopic (exact) mass is 200 g/mol. The molecule has 0 amide bonds. The van der Waals surface area contributed by atoms with Gasteiger partial charge in [-0.3, -0.25) is 0 Å². The average Bonchev–Trinajstić information content (AvgIpc) is 2.47. The normalized spacial score (nSPS) is 11.0. The number of aromatic nitrogens is 4. The van der Waals surface area contributed by atoms with E-state index < -0.39 is 6.08 Å². The van der Waals surface area contributed by atoms with Crippen LogP contribution in [0.1, 0.15) is 6.92 Å². The van der Waals surface area contributed by atoms with E-state index >= 15 is 0 Å². The predicted octanol–water partition coefficient (Wildman–Crippen LogP) is 1.64. The summed E-state index contributed by atoms with van der Waals surface area (Å²) in [5.41, 5.74) is 0.866. The maximum atomic E-state index is 12.7. The van der Waals surface area contributed by atoms with Crippen molar-refractivity contribution in [2.75, 3.05) is 0 Å². The van der Waals surface area contributed by atoms with E-state index in [-0.39, 0.29) is 5.15 Å². The van der Waals surface area contributed by atoms with E-state index in [0.29, 0.717) is 17.7 Å². The van der Waals surface area contributed by atoms with Gasteiger partial charge in [-0.15, -0.1) is 0 Å². The Morgan fingerprint density at radius 3 is 3.00 bits per heavy atom. The second-order valence-corrected chi connectivity index (χ2v) is 2.84. The maximum Gasteiger partial charge on any atom is 0.312 e. The van der Waals surface area contributed by atoms with Crippen LogP contribution < -0.4 is 0 Å². The Morgan fingerprint density at radius 1 is 1.54 bits per heavy atom. The van der Waals surface area contributed by atoms with Crippen LogP contribution in [0, 0.1) is 6.08 Å². The number of rotatable bonds is 1. The molecule has 0 aliphatic heterocycles. The second kappa shape index (κ2) is 2.92. The van der Waals surface area contributed by atoms with Gasteiger partial charge in [0.05, 0.1) is 6.33 Å². The van der Waals surface area contributed by atoms with Gasteiger partial charge in [-0.2, -0.15) is 14.4 Å². The molecule has 0 atom stereocenters. The quantitative estimate of drug-likeness (QED) is 0.519. The van der Waals surface area contributed by atoms with E-state index in [1.807, 2.05) is 6.92 Å². The molecule has 0 unspecified atom stereocenters. The molecule has 2 heterocycles. The number of fused-ring (bicyclic) bond motifs is 1. The number of halogens is 2. The summed E-state index contributed by atoms with van der Waals surface area (Å²) < 4.78 is 14.4. The van der Waals surface area contributed by atoms with Crippen molar-refractivity contribution in [3.8, 4) is 0 Å². The van der Waals surface area contributed by atoms with Crippen LogP contribution in [-0.2, 0) is 6.54 Å². The Kier molecular flexibility index (Phi) is 1.88. The molecule has 0 N–H and O–H groups in total. The van der Waals surface area contributed by atoms with Crippen LogP contribution in [0.5, 0.6) is 0 Å². The molecule has 0 bridgehead atoms. The molecular formula is C7H6ClFN4. The first-order chi connectivity index (χ1) is 6.22. The van der Waals surface area contributed by atoms with E-state index in [4.69, 9.17) is 11.6 Å². The molecule has 2 aromatic heterocycles. The number of imidazole rings is 1. The van der Waals surface area contributed by atoms with Gasteiger partial charge in [-0.25, -0.2) is 4.98 Å². The lowest BCUT2D eigenvalue weighted by molar-refractivity contribution is 0.541. The van der Waals surface area contributed by atoms with Crippen molar-refractivity contribution in [3.63, 3.8) is 0 Å². The zero-order chi connectivity index (χ0) is 9.42. The van der Waals surface area contributed by atoms with Gasteiger partial charge in [-0.1, -0.05) is 11.6 Å². The van der Waals surface area contributed by atoms with Crippen LogP contribution in [0.25, 0.3) is 11.2 Å². The largest absolute Gasteiger partial charge is 0.315 e. The highest BCUT2D eigenvalue weighted by atomic mass is 35.5. The lowest BCUT2D eigenvalue weighted by Gasteiger charge is -1.97. The third-order valence-electron chi connectivity index (χ3n) is 1.73. The SMILES string of the molecule is CCn1cnc2c(Cl)nc(F)nc21. The van der Waals surface area contributed by atoms with Crippen molar-refractivity contribution >= 4 is 22.8 Å². The summed E-state index contributed by atoms with van der Waals surface area (Å²) in [4.78, 5) is 10.9. The lowest BCUT2D eigenvalue weighted by Crippen LogP contribution is -1.97. The summed E-state index contributed by atoms with van der Waals surface area (Å²) in [6.07, 6.45) is 0.734. The summed E-state index contributed by atoms with van der Waals surface area (Å²) in [7, 11) is 0. The summed E-state index contributed by atoms with van der Waals surface area (Å²) in [6, 6.07) is 0. The molecule has 4 nitrogen and oxygen atoms in total. The predicted molar refractivity (Wildman–Crippen MR) is 46.0 cm³/mol. The number of hydrogen-bond donors (Lipinski definition) is 0. The molecule has 0 aliphatic carbocycles. The lowest BCUT2D eigenvalue weighted by atomic mass is 10.5. The number of aryl methyl sites for hydroxylation is 1. The van der Waals surface area contributed by atoms with Gasteiger partial charge in [0.2, 0.25) is 0 Å². The molecule has 2 aromatic rings. The fraction of sp³-hybridized carbons (Fsp3) is 0.286. The van der Waals surface area contributed by atoms with Gasteiger partial charge in [0.1, 0.15) is 5.52 Å². The highest BCUT2D eigenvalue weighted by Gasteiger charge is 2.10. The molecule has 68 valence electrons. The van der Waals surface area contributed by atoms with Crippen LogP contribution in [0.15, 0.2) is 6.33 Å². The summed E-state index contributed by atoms with van der Waals surface area (Å²) in [6.45, 7) is 2.58. The Hall–Kier alpha value is -1.23. The van der Waals surface area contributed by atoms with E-state index in [1.165, 1.54) is 0 Å². The molecule has 0 fully saturated rings. The summed E-state index contributed by atoms with van der Waals surface area (Å²) >= 11 is 5.67. The van der Waals surface area contributed by atoms with E-state index in [0.717, 1.165) is 0 Å². The van der Waals surface area contributed by atoms with Crippen molar-refractivity contribution < 1.29 is 4.39 Å². The molecule has 0 saturated heterocycles. The van der Waals surface area contributed by atoms with E-state index in [1.54, 1.807) is 10.9 Å². The Bertz CT molecular complexity index is 453. The topological polar surface area (TPSA) is 43.6 Å². The minimum absolute atomic E-state index is 0.0506. The van der Waals surface area contributed by atoms with Crippen LogP contribution in [0.3, 0.4) is 0 Å². The minimum Gasteiger partial charge on any atom is -0.315 e. The highest BCUT2D eigenvalue weighted by Crippen LogP contribution is 2.17. The molecule has 0 aliphatic rings. The van der Waals surface area contributed by atoms with Crippen molar-refractivity contribution in [3.05, 3.63) is 17.6 Å². The van der Waals surface area contributed by atoms with Crippen molar-refractivity contribution in [1.29, 1.82) is 0 Å². The fourth-order valence-electron chi connectivity index (χ4n) is 1.12. The first kappa shape index (κ1) is 8.37. The standard InChI is InChI=1S/C7H6ClFN4/c1-2-13-3-10-4-5(8)11-7(9)12-6(4)13/h3H,2H2,1H3. The molecule has 0 aromatic carbocycles. The van der Waals surface area contributed by atoms with Crippen LogP contribution in [0.2, 0.25) is 5.15 Å². The Balaban J connectivity index is 2.82. The zero-order valence-electron chi connectivity index (χ0n) is 6.83. The number of hydrogen-bond acceptors (Lipinski definition) is 3. The molecule has 13 heavy (non-hydrogen) atoms. The average molecular weight is 201 g/mol. The molecular weight excluding hydrogens is 195 g/mol. The second-order valence-electron chi connectivity index (χ2n) is 2.49. The van der Waals surface area contributed by atoms with Gasteiger partial charge >= 0.3 is 6.08 Å². The van der Waals surface area contributed by atoms with Gasteiger partial charge in [0, 0.05) is 6.54 Å². The van der Waals surface area contributed by atoms with Crippen molar-refractivity contribution in [2.24, 2.45) is 0 Å². The zero-order valence-corrected chi connectivity index (χ0v) is 7.59. The van der Waals surface area contributed by atoms with Crippen molar-refractivity contribution in [1.82, 2.24) is 19.5 Å². The van der Waals surface area contributed by atoms with Crippen LogP contribution in [0.4, 0.5) is 4.39 Å².